The highest BCUT2D eigenvalue weighted by Crippen LogP contribution is 2.19. The highest BCUT2D eigenvalue weighted by Gasteiger charge is 1.93. The van der Waals surface area contributed by atoms with Crippen LogP contribution in [0.4, 0.5) is 0 Å². The van der Waals surface area contributed by atoms with Crippen LogP contribution >= 0.6 is 23.4 Å². The van der Waals surface area contributed by atoms with E-state index in [0.717, 1.165) is 23.9 Å². The van der Waals surface area contributed by atoms with E-state index < -0.39 is 0 Å². The van der Waals surface area contributed by atoms with Gasteiger partial charge in [0.15, 0.2) is 0 Å². The highest BCUT2D eigenvalue weighted by atomic mass is 35.5. The van der Waals surface area contributed by atoms with E-state index in [1.165, 1.54) is 17.7 Å². The number of hydrogen-bond acceptors (Lipinski definition) is 2. The first-order chi connectivity index (χ1) is 7.33. The Labute approximate surface area is 102 Å². The molecule has 0 fully saturated rings. The molecule has 1 aromatic carbocycles. The van der Waals surface area contributed by atoms with Gasteiger partial charge in [0.25, 0.3) is 0 Å². The summed E-state index contributed by atoms with van der Waals surface area (Å²) in [5.74, 6) is 1.12. The summed E-state index contributed by atoms with van der Waals surface area (Å²) in [5.41, 5.74) is 0. The van der Waals surface area contributed by atoms with E-state index in [0.29, 0.717) is 0 Å². The summed E-state index contributed by atoms with van der Waals surface area (Å²) in [6, 6.07) is 8.01. The number of nitrogens with one attached hydrogen (secondary N) is 1. The lowest BCUT2D eigenvalue weighted by Crippen LogP contribution is -2.18. The Balaban J connectivity index is 2.07. The van der Waals surface area contributed by atoms with E-state index >= 15 is 0 Å². The van der Waals surface area contributed by atoms with Crippen molar-refractivity contribution in [2.45, 2.75) is 24.7 Å². The fraction of sp³-hybridized carbons (Fsp3) is 0.500. The van der Waals surface area contributed by atoms with Crippen molar-refractivity contribution in [3.05, 3.63) is 29.3 Å². The van der Waals surface area contributed by atoms with Crippen LogP contribution in [0.3, 0.4) is 0 Å². The lowest BCUT2D eigenvalue weighted by molar-refractivity contribution is 0.666. The highest BCUT2D eigenvalue weighted by molar-refractivity contribution is 7.99. The molecular formula is C12H18ClNS. The first-order valence-corrected chi connectivity index (χ1v) is 6.78. The Bertz CT molecular complexity index is 261. The van der Waals surface area contributed by atoms with Crippen molar-refractivity contribution >= 4 is 23.4 Å². The fourth-order valence-corrected chi connectivity index (χ4v) is 2.14. The number of benzene rings is 1. The molecule has 0 radical (unpaired) electrons. The van der Waals surface area contributed by atoms with Crippen LogP contribution in [0.1, 0.15) is 19.8 Å². The molecule has 0 aliphatic carbocycles. The van der Waals surface area contributed by atoms with Gasteiger partial charge >= 0.3 is 0 Å². The van der Waals surface area contributed by atoms with Crippen LogP contribution in [0.15, 0.2) is 29.2 Å². The van der Waals surface area contributed by atoms with E-state index in [1.54, 1.807) is 0 Å². The lowest BCUT2D eigenvalue weighted by Gasteiger charge is -2.03. The molecule has 1 rings (SSSR count). The van der Waals surface area contributed by atoms with Crippen molar-refractivity contribution in [1.82, 2.24) is 5.32 Å². The summed E-state index contributed by atoms with van der Waals surface area (Å²) in [7, 11) is 0. The largest absolute Gasteiger partial charge is 0.316 e. The Morgan fingerprint density at radius 1 is 1.20 bits per heavy atom. The normalized spacial score (nSPS) is 10.5. The molecule has 1 aromatic rings. The SMILES string of the molecule is CCCCNCCSc1ccc(Cl)cc1. The maximum absolute atomic E-state index is 5.81. The summed E-state index contributed by atoms with van der Waals surface area (Å²) in [4.78, 5) is 1.29. The van der Waals surface area contributed by atoms with E-state index in [1.807, 2.05) is 23.9 Å². The van der Waals surface area contributed by atoms with Gasteiger partial charge in [0.1, 0.15) is 0 Å². The van der Waals surface area contributed by atoms with E-state index in [2.05, 4.69) is 24.4 Å². The number of hydrogen-bond donors (Lipinski definition) is 1. The fourth-order valence-electron chi connectivity index (χ4n) is 1.20. The smallest absolute Gasteiger partial charge is 0.0406 e. The van der Waals surface area contributed by atoms with Gasteiger partial charge in [-0.1, -0.05) is 24.9 Å². The van der Waals surface area contributed by atoms with Crippen LogP contribution in [0.5, 0.6) is 0 Å². The predicted octanol–water partition coefficient (Wildman–Crippen LogP) is 3.82. The van der Waals surface area contributed by atoms with Gasteiger partial charge in [-0.15, -0.1) is 11.8 Å². The van der Waals surface area contributed by atoms with Crippen molar-refractivity contribution in [3.63, 3.8) is 0 Å². The Morgan fingerprint density at radius 3 is 2.60 bits per heavy atom. The molecule has 0 bridgehead atoms. The third-order valence-corrected chi connectivity index (χ3v) is 3.33. The lowest BCUT2D eigenvalue weighted by atomic mass is 10.3. The van der Waals surface area contributed by atoms with Gasteiger partial charge in [-0.05, 0) is 37.2 Å². The van der Waals surface area contributed by atoms with E-state index in [-0.39, 0.29) is 0 Å². The zero-order chi connectivity index (χ0) is 10.9. The summed E-state index contributed by atoms with van der Waals surface area (Å²) in [5, 5.41) is 4.23. The van der Waals surface area contributed by atoms with Crippen molar-refractivity contribution in [1.29, 1.82) is 0 Å². The number of thioether (sulfide) groups is 1. The molecule has 0 aromatic heterocycles. The number of rotatable bonds is 7. The minimum atomic E-state index is 0.806. The van der Waals surface area contributed by atoms with Crippen LogP contribution in [0.2, 0.25) is 5.02 Å². The Hall–Kier alpha value is -0.180. The molecule has 0 atom stereocenters. The average molecular weight is 244 g/mol. The Kier molecular flexibility index (Phi) is 6.90. The van der Waals surface area contributed by atoms with Gasteiger partial charge in [-0.2, -0.15) is 0 Å². The van der Waals surface area contributed by atoms with Crippen molar-refractivity contribution in [2.75, 3.05) is 18.8 Å². The molecule has 84 valence electrons. The quantitative estimate of drug-likeness (QED) is 0.577. The van der Waals surface area contributed by atoms with Crippen molar-refractivity contribution in [2.24, 2.45) is 0 Å². The molecular weight excluding hydrogens is 226 g/mol. The first-order valence-electron chi connectivity index (χ1n) is 5.42. The van der Waals surface area contributed by atoms with Gasteiger partial charge < -0.3 is 5.32 Å². The topological polar surface area (TPSA) is 12.0 Å². The van der Waals surface area contributed by atoms with E-state index in [4.69, 9.17) is 11.6 Å². The maximum atomic E-state index is 5.81. The monoisotopic (exact) mass is 243 g/mol. The third kappa shape index (κ3) is 6.08. The molecule has 0 saturated carbocycles. The summed E-state index contributed by atoms with van der Waals surface area (Å²) in [6.07, 6.45) is 2.53. The molecule has 1 nitrogen and oxygen atoms in total. The van der Waals surface area contributed by atoms with Gasteiger partial charge in [-0.25, -0.2) is 0 Å². The maximum Gasteiger partial charge on any atom is 0.0406 e. The van der Waals surface area contributed by atoms with Crippen molar-refractivity contribution in [3.8, 4) is 0 Å². The van der Waals surface area contributed by atoms with Crippen LogP contribution in [0, 0.1) is 0 Å². The number of unbranched alkanes of at least 4 members (excludes halogenated alkanes) is 1. The van der Waals surface area contributed by atoms with Gasteiger partial charge in [0.2, 0.25) is 0 Å². The summed E-state index contributed by atoms with van der Waals surface area (Å²) in [6.45, 7) is 4.43. The van der Waals surface area contributed by atoms with Crippen molar-refractivity contribution < 1.29 is 0 Å². The Morgan fingerprint density at radius 2 is 1.93 bits per heavy atom. The van der Waals surface area contributed by atoms with Gasteiger partial charge in [0, 0.05) is 22.2 Å². The molecule has 0 heterocycles. The molecule has 0 amide bonds. The second-order valence-electron chi connectivity index (χ2n) is 3.41. The molecule has 0 saturated heterocycles. The van der Waals surface area contributed by atoms with Crippen LogP contribution in [0.25, 0.3) is 0 Å². The molecule has 3 heteroatoms. The first kappa shape index (κ1) is 12.9. The molecule has 15 heavy (non-hydrogen) atoms. The predicted molar refractivity (Wildman–Crippen MR) is 70.0 cm³/mol. The summed E-state index contributed by atoms with van der Waals surface area (Å²) < 4.78 is 0. The summed E-state index contributed by atoms with van der Waals surface area (Å²) >= 11 is 7.67. The second-order valence-corrected chi connectivity index (χ2v) is 5.01. The molecule has 0 spiro atoms. The third-order valence-electron chi connectivity index (χ3n) is 2.07. The van der Waals surface area contributed by atoms with Crippen LogP contribution in [-0.2, 0) is 0 Å². The standard InChI is InChI=1S/C12H18ClNS/c1-2-3-8-14-9-10-15-12-6-4-11(13)5-7-12/h4-7,14H,2-3,8-10H2,1H3. The minimum Gasteiger partial charge on any atom is -0.316 e. The average Bonchev–Trinajstić information content (AvgIpc) is 2.26. The molecule has 1 N–H and O–H groups in total. The minimum absolute atomic E-state index is 0.806. The zero-order valence-corrected chi connectivity index (χ0v) is 10.7. The van der Waals surface area contributed by atoms with Crippen LogP contribution in [-0.4, -0.2) is 18.8 Å². The van der Waals surface area contributed by atoms with Crippen LogP contribution < -0.4 is 5.32 Å². The molecule has 0 aliphatic heterocycles. The molecule has 0 aliphatic rings. The zero-order valence-electron chi connectivity index (χ0n) is 9.13. The molecule has 0 unspecified atom stereocenters. The van der Waals surface area contributed by atoms with Gasteiger partial charge in [-0.3, -0.25) is 0 Å². The van der Waals surface area contributed by atoms with E-state index in [9.17, 15) is 0 Å². The van der Waals surface area contributed by atoms with Gasteiger partial charge in [0.05, 0.1) is 0 Å². The second kappa shape index (κ2) is 8.03. The number of halogens is 1.